The highest BCUT2D eigenvalue weighted by Crippen LogP contribution is 2.20. The van der Waals surface area contributed by atoms with Crippen LogP contribution in [0.25, 0.3) is 0 Å². The van der Waals surface area contributed by atoms with E-state index in [0.717, 1.165) is 11.3 Å². The molecule has 1 saturated heterocycles. The molecule has 0 bridgehead atoms. The van der Waals surface area contributed by atoms with E-state index in [9.17, 15) is 9.18 Å². The van der Waals surface area contributed by atoms with E-state index in [2.05, 4.69) is 10.6 Å². The first-order valence-electron chi connectivity index (χ1n) is 7.42. The minimum atomic E-state index is -0.332. The van der Waals surface area contributed by atoms with Crippen LogP contribution in [0.2, 0.25) is 5.02 Å². The molecule has 1 fully saturated rings. The van der Waals surface area contributed by atoms with Crippen LogP contribution in [0.1, 0.15) is 11.1 Å². The molecule has 23 heavy (non-hydrogen) atoms. The molecule has 0 saturated carbocycles. The van der Waals surface area contributed by atoms with E-state index in [-0.39, 0.29) is 11.8 Å². The lowest BCUT2D eigenvalue weighted by Gasteiger charge is -2.18. The Morgan fingerprint density at radius 3 is 2.78 bits per heavy atom. The monoisotopic (exact) mass is 333 g/mol. The molecule has 1 aliphatic rings. The number of hydrogen-bond donors (Lipinski definition) is 2. The summed E-state index contributed by atoms with van der Waals surface area (Å²) in [5.41, 5.74) is 2.43. The molecule has 2 aromatic carbocycles. The zero-order valence-corrected chi connectivity index (χ0v) is 13.2. The summed E-state index contributed by atoms with van der Waals surface area (Å²) in [6, 6.07) is 12.3. The molecule has 0 unspecified atom stereocenters. The lowest BCUT2D eigenvalue weighted by atomic mass is 10.1. The van der Waals surface area contributed by atoms with E-state index in [0.29, 0.717) is 36.8 Å². The van der Waals surface area contributed by atoms with Crippen molar-refractivity contribution in [2.45, 2.75) is 13.1 Å². The molecule has 2 aromatic rings. The molecule has 1 aliphatic heterocycles. The minimum absolute atomic E-state index is 0.0523. The predicted molar refractivity (Wildman–Crippen MR) is 89.0 cm³/mol. The van der Waals surface area contributed by atoms with Crippen molar-refractivity contribution in [2.75, 3.05) is 18.4 Å². The molecule has 0 aliphatic carbocycles. The number of nitrogens with one attached hydrogen (secondary N) is 2. The van der Waals surface area contributed by atoms with Gasteiger partial charge in [0.2, 0.25) is 0 Å². The van der Waals surface area contributed by atoms with Gasteiger partial charge in [-0.3, -0.25) is 0 Å². The van der Waals surface area contributed by atoms with Crippen molar-refractivity contribution in [2.24, 2.45) is 0 Å². The van der Waals surface area contributed by atoms with Crippen molar-refractivity contribution < 1.29 is 9.18 Å². The fraction of sp³-hybridized carbons (Fsp3) is 0.235. The van der Waals surface area contributed by atoms with Crippen LogP contribution in [-0.4, -0.2) is 24.0 Å². The fourth-order valence-corrected chi connectivity index (χ4v) is 2.71. The highest BCUT2D eigenvalue weighted by molar-refractivity contribution is 6.30. The summed E-state index contributed by atoms with van der Waals surface area (Å²) in [5, 5.41) is 6.40. The zero-order chi connectivity index (χ0) is 16.2. The van der Waals surface area contributed by atoms with Gasteiger partial charge >= 0.3 is 6.03 Å². The quantitative estimate of drug-likeness (QED) is 0.877. The second-order valence-corrected chi connectivity index (χ2v) is 5.84. The van der Waals surface area contributed by atoms with Crippen LogP contribution < -0.4 is 10.6 Å². The Morgan fingerprint density at radius 2 is 2.04 bits per heavy atom. The minimum Gasteiger partial charge on any atom is -0.381 e. The second kappa shape index (κ2) is 6.87. The molecule has 0 aromatic heterocycles. The van der Waals surface area contributed by atoms with Gasteiger partial charge in [0.1, 0.15) is 5.82 Å². The van der Waals surface area contributed by atoms with Crippen molar-refractivity contribution in [3.05, 3.63) is 64.4 Å². The molecule has 120 valence electrons. The fourth-order valence-electron chi connectivity index (χ4n) is 2.55. The number of para-hydroxylation sites is 1. The Labute approximate surface area is 139 Å². The predicted octanol–water partition coefficient (Wildman–Crippen LogP) is 3.62. The lowest BCUT2D eigenvalue weighted by molar-refractivity contribution is 0.215. The van der Waals surface area contributed by atoms with Gasteiger partial charge in [-0.1, -0.05) is 35.9 Å². The molecule has 2 amide bonds. The third kappa shape index (κ3) is 3.74. The Balaban J connectivity index is 1.71. The average molecular weight is 334 g/mol. The molecule has 4 nitrogen and oxygen atoms in total. The number of amides is 2. The summed E-state index contributed by atoms with van der Waals surface area (Å²) in [5.74, 6) is -0.332. The number of rotatable bonds is 5. The van der Waals surface area contributed by atoms with E-state index < -0.39 is 0 Å². The normalized spacial score (nSPS) is 14.0. The van der Waals surface area contributed by atoms with Gasteiger partial charge in [0.15, 0.2) is 0 Å². The molecule has 0 radical (unpaired) electrons. The molecule has 2 N–H and O–H groups in total. The molecule has 6 heteroatoms. The van der Waals surface area contributed by atoms with E-state index in [1.54, 1.807) is 17.0 Å². The standard InChI is InChI=1S/C17H17ClFN3O/c18-14-6-5-12(15(19)9-14)10-21-16-4-2-1-3-13(16)11-22-8-7-20-17(22)23/h1-6,9,21H,7-8,10-11H2,(H,20,23). The number of hydrogen-bond acceptors (Lipinski definition) is 2. The molecular formula is C17H17ClFN3O. The summed E-state index contributed by atoms with van der Waals surface area (Å²) in [7, 11) is 0. The van der Waals surface area contributed by atoms with Crippen LogP contribution >= 0.6 is 11.6 Å². The summed E-state index contributed by atoms with van der Waals surface area (Å²) >= 11 is 5.76. The van der Waals surface area contributed by atoms with Crippen LogP contribution in [0.5, 0.6) is 0 Å². The van der Waals surface area contributed by atoms with Crippen molar-refractivity contribution >= 4 is 23.3 Å². The molecule has 3 rings (SSSR count). The maximum Gasteiger partial charge on any atom is 0.317 e. The van der Waals surface area contributed by atoms with Crippen molar-refractivity contribution in [1.82, 2.24) is 10.2 Å². The average Bonchev–Trinajstić information content (AvgIpc) is 2.93. The smallest absolute Gasteiger partial charge is 0.317 e. The van der Waals surface area contributed by atoms with Crippen molar-refractivity contribution in [3.63, 3.8) is 0 Å². The van der Waals surface area contributed by atoms with E-state index in [4.69, 9.17) is 11.6 Å². The van der Waals surface area contributed by atoms with Gasteiger partial charge in [-0.2, -0.15) is 0 Å². The van der Waals surface area contributed by atoms with Crippen molar-refractivity contribution in [3.8, 4) is 0 Å². The summed E-state index contributed by atoms with van der Waals surface area (Å²) in [4.78, 5) is 13.4. The van der Waals surface area contributed by atoms with Crippen LogP contribution in [0.15, 0.2) is 42.5 Å². The summed E-state index contributed by atoms with van der Waals surface area (Å²) in [6.45, 7) is 2.24. The van der Waals surface area contributed by atoms with E-state index in [1.807, 2.05) is 24.3 Å². The molecule has 0 atom stereocenters. The Morgan fingerprint density at radius 1 is 1.22 bits per heavy atom. The Hall–Kier alpha value is -2.27. The lowest BCUT2D eigenvalue weighted by Crippen LogP contribution is -2.27. The Kier molecular flexibility index (Phi) is 4.67. The first-order chi connectivity index (χ1) is 11.1. The van der Waals surface area contributed by atoms with Crippen molar-refractivity contribution in [1.29, 1.82) is 0 Å². The van der Waals surface area contributed by atoms with Gasteiger partial charge in [0.05, 0.1) is 0 Å². The largest absolute Gasteiger partial charge is 0.381 e. The van der Waals surface area contributed by atoms with Gasteiger partial charge in [-0.25, -0.2) is 9.18 Å². The zero-order valence-electron chi connectivity index (χ0n) is 12.5. The topological polar surface area (TPSA) is 44.4 Å². The molecule has 1 heterocycles. The number of carbonyl (C=O) groups is 1. The van der Waals surface area contributed by atoms with Crippen LogP contribution in [0, 0.1) is 5.82 Å². The number of nitrogens with zero attached hydrogens (tertiary/aromatic N) is 1. The maximum absolute atomic E-state index is 13.8. The van der Waals surface area contributed by atoms with Gasteiger partial charge in [-0.15, -0.1) is 0 Å². The Bertz CT molecular complexity index is 723. The third-order valence-corrected chi connectivity index (χ3v) is 4.04. The maximum atomic E-state index is 13.8. The van der Waals surface area contributed by atoms with Crippen LogP contribution in [0.3, 0.4) is 0 Å². The second-order valence-electron chi connectivity index (χ2n) is 5.40. The first-order valence-corrected chi connectivity index (χ1v) is 7.80. The highest BCUT2D eigenvalue weighted by atomic mass is 35.5. The number of anilines is 1. The first kappa shape index (κ1) is 15.6. The number of carbonyl (C=O) groups excluding carboxylic acids is 1. The van der Waals surface area contributed by atoms with Gasteiger partial charge < -0.3 is 15.5 Å². The number of urea groups is 1. The van der Waals surface area contributed by atoms with Crippen LogP contribution in [-0.2, 0) is 13.1 Å². The number of halogens is 2. The summed E-state index contributed by atoms with van der Waals surface area (Å²) < 4.78 is 13.8. The number of benzene rings is 2. The third-order valence-electron chi connectivity index (χ3n) is 3.81. The van der Waals surface area contributed by atoms with Gasteiger partial charge in [0.25, 0.3) is 0 Å². The molecular weight excluding hydrogens is 317 g/mol. The van der Waals surface area contributed by atoms with Crippen LogP contribution in [0.4, 0.5) is 14.9 Å². The van der Waals surface area contributed by atoms with Gasteiger partial charge in [0, 0.05) is 42.5 Å². The molecule has 0 spiro atoms. The summed E-state index contributed by atoms with van der Waals surface area (Å²) in [6.07, 6.45) is 0. The SMILES string of the molecule is O=C1NCCN1Cc1ccccc1NCc1ccc(Cl)cc1F. The van der Waals surface area contributed by atoms with E-state index >= 15 is 0 Å². The van der Waals surface area contributed by atoms with Gasteiger partial charge in [-0.05, 0) is 23.8 Å². The highest BCUT2D eigenvalue weighted by Gasteiger charge is 2.20. The van der Waals surface area contributed by atoms with E-state index in [1.165, 1.54) is 6.07 Å².